The highest BCUT2D eigenvalue weighted by molar-refractivity contribution is 5.98. The Bertz CT molecular complexity index is 503. The Labute approximate surface area is 126 Å². The van der Waals surface area contributed by atoms with E-state index in [-0.39, 0.29) is 5.91 Å². The first-order valence-corrected chi connectivity index (χ1v) is 7.96. The first-order valence-electron chi connectivity index (χ1n) is 7.96. The number of nitrogens with zero attached hydrogens (tertiary/aromatic N) is 1. The molecule has 0 bridgehead atoms. The van der Waals surface area contributed by atoms with Crippen molar-refractivity contribution in [1.82, 2.24) is 0 Å². The van der Waals surface area contributed by atoms with Crippen LogP contribution in [0.4, 0.5) is 11.4 Å². The van der Waals surface area contributed by atoms with Crippen molar-refractivity contribution in [2.45, 2.75) is 50.7 Å². The van der Waals surface area contributed by atoms with Gasteiger partial charge in [0.25, 0.3) is 0 Å². The molecule has 1 aromatic carbocycles. The van der Waals surface area contributed by atoms with Crippen LogP contribution in [-0.4, -0.2) is 31.7 Å². The number of ether oxygens (including phenoxy) is 1. The third-order valence-corrected chi connectivity index (χ3v) is 4.59. The maximum absolute atomic E-state index is 12.0. The minimum absolute atomic E-state index is 0.239. The van der Waals surface area contributed by atoms with Crippen molar-refractivity contribution < 1.29 is 9.53 Å². The Hall–Kier alpha value is -1.55. The molecule has 1 saturated heterocycles. The molecule has 2 atom stereocenters. The Morgan fingerprint density at radius 1 is 1.24 bits per heavy atom. The van der Waals surface area contributed by atoms with Gasteiger partial charge in [0.15, 0.2) is 0 Å². The van der Waals surface area contributed by atoms with Crippen molar-refractivity contribution in [3.63, 3.8) is 0 Å². The second-order valence-electron chi connectivity index (χ2n) is 6.03. The fraction of sp³-hybridized carbons (Fsp3) is 0.588. The molecule has 2 aliphatic rings. The van der Waals surface area contributed by atoms with Crippen LogP contribution in [0.25, 0.3) is 0 Å². The lowest BCUT2D eigenvalue weighted by Crippen LogP contribution is -2.32. The van der Waals surface area contributed by atoms with Crippen molar-refractivity contribution >= 4 is 17.3 Å². The van der Waals surface area contributed by atoms with Gasteiger partial charge < -0.3 is 15.0 Å². The lowest BCUT2D eigenvalue weighted by Gasteiger charge is -2.31. The van der Waals surface area contributed by atoms with Crippen molar-refractivity contribution in [2.24, 2.45) is 0 Å². The summed E-state index contributed by atoms with van der Waals surface area (Å²) in [7, 11) is 1.80. The molecular weight excluding hydrogens is 264 g/mol. The normalized spacial score (nSPS) is 26.1. The molecule has 1 amide bonds. The summed E-state index contributed by atoms with van der Waals surface area (Å²) < 4.78 is 5.50. The smallest absolute Gasteiger partial charge is 0.227 e. The molecule has 2 fully saturated rings. The molecule has 0 spiro atoms. The maximum atomic E-state index is 12.0. The van der Waals surface area contributed by atoms with Gasteiger partial charge in [0, 0.05) is 26.1 Å². The highest BCUT2D eigenvalue weighted by atomic mass is 16.5. The maximum Gasteiger partial charge on any atom is 0.227 e. The third-order valence-electron chi connectivity index (χ3n) is 4.59. The van der Waals surface area contributed by atoms with E-state index in [4.69, 9.17) is 4.74 Å². The lowest BCUT2D eigenvalue weighted by atomic mass is 9.92. The number of nitrogens with one attached hydrogen (secondary N) is 1. The minimum atomic E-state index is 0.239. The zero-order valence-corrected chi connectivity index (χ0v) is 12.7. The first kappa shape index (κ1) is 14.4. The quantitative estimate of drug-likeness (QED) is 0.925. The highest BCUT2D eigenvalue weighted by Gasteiger charge is 2.26. The van der Waals surface area contributed by atoms with Crippen LogP contribution in [0.1, 0.15) is 38.5 Å². The van der Waals surface area contributed by atoms with Crippen LogP contribution in [0, 0.1) is 0 Å². The SMILES string of the molecule is COC1CCCC(Nc2ccccc2N2CCCC2=O)C1. The predicted molar refractivity (Wildman–Crippen MR) is 84.7 cm³/mol. The van der Waals surface area contributed by atoms with Gasteiger partial charge in [0.2, 0.25) is 5.91 Å². The summed E-state index contributed by atoms with van der Waals surface area (Å²) in [6, 6.07) is 8.59. The van der Waals surface area contributed by atoms with Gasteiger partial charge in [-0.3, -0.25) is 4.79 Å². The van der Waals surface area contributed by atoms with Crippen LogP contribution in [0.3, 0.4) is 0 Å². The van der Waals surface area contributed by atoms with Gasteiger partial charge in [-0.15, -0.1) is 0 Å². The molecule has 114 valence electrons. The Kier molecular flexibility index (Phi) is 4.44. The number of methoxy groups -OCH3 is 1. The molecule has 1 aromatic rings. The third kappa shape index (κ3) is 3.21. The average Bonchev–Trinajstić information content (AvgIpc) is 2.94. The van der Waals surface area contributed by atoms with Gasteiger partial charge in [0.1, 0.15) is 0 Å². The molecule has 1 aliphatic carbocycles. The topological polar surface area (TPSA) is 41.6 Å². The molecule has 1 saturated carbocycles. The monoisotopic (exact) mass is 288 g/mol. The Morgan fingerprint density at radius 2 is 2.10 bits per heavy atom. The zero-order chi connectivity index (χ0) is 14.7. The van der Waals surface area contributed by atoms with E-state index in [2.05, 4.69) is 11.4 Å². The van der Waals surface area contributed by atoms with E-state index in [1.54, 1.807) is 7.11 Å². The largest absolute Gasteiger partial charge is 0.381 e. The van der Waals surface area contributed by atoms with E-state index in [1.807, 2.05) is 23.1 Å². The number of carbonyl (C=O) groups excluding carboxylic acids is 1. The molecule has 2 unspecified atom stereocenters. The minimum Gasteiger partial charge on any atom is -0.381 e. The lowest BCUT2D eigenvalue weighted by molar-refractivity contribution is -0.117. The predicted octanol–water partition coefficient (Wildman–Crippen LogP) is 3.18. The van der Waals surface area contributed by atoms with E-state index in [0.29, 0.717) is 18.6 Å². The molecule has 0 aromatic heterocycles. The van der Waals surface area contributed by atoms with Gasteiger partial charge in [0.05, 0.1) is 17.5 Å². The first-order chi connectivity index (χ1) is 10.3. The standard InChI is InChI=1S/C17H24N2O2/c1-21-14-7-4-6-13(12-14)18-15-8-2-3-9-16(15)19-11-5-10-17(19)20/h2-3,8-9,13-14,18H,4-7,10-12H2,1H3. The summed E-state index contributed by atoms with van der Waals surface area (Å²) in [5.41, 5.74) is 2.11. The van der Waals surface area contributed by atoms with E-state index in [0.717, 1.165) is 37.2 Å². The van der Waals surface area contributed by atoms with Crippen LogP contribution in [0.15, 0.2) is 24.3 Å². The molecule has 4 heteroatoms. The molecule has 1 heterocycles. The number of benzene rings is 1. The van der Waals surface area contributed by atoms with Gasteiger partial charge in [-0.1, -0.05) is 12.1 Å². The van der Waals surface area contributed by atoms with Crippen LogP contribution in [0.2, 0.25) is 0 Å². The number of amides is 1. The molecule has 1 aliphatic heterocycles. The summed E-state index contributed by atoms with van der Waals surface area (Å²) in [5, 5.41) is 3.64. The number of para-hydroxylation sites is 2. The molecule has 3 rings (SSSR count). The van der Waals surface area contributed by atoms with Crippen molar-refractivity contribution in [2.75, 3.05) is 23.9 Å². The summed E-state index contributed by atoms with van der Waals surface area (Å²) >= 11 is 0. The van der Waals surface area contributed by atoms with Crippen molar-refractivity contribution in [3.05, 3.63) is 24.3 Å². The van der Waals surface area contributed by atoms with Gasteiger partial charge >= 0.3 is 0 Å². The van der Waals surface area contributed by atoms with Gasteiger partial charge in [-0.25, -0.2) is 0 Å². The van der Waals surface area contributed by atoms with Gasteiger partial charge in [-0.2, -0.15) is 0 Å². The summed E-state index contributed by atoms with van der Waals surface area (Å²) in [6.07, 6.45) is 6.55. The Balaban J connectivity index is 1.74. The number of hydrogen-bond donors (Lipinski definition) is 1. The fourth-order valence-corrected chi connectivity index (χ4v) is 3.44. The summed E-state index contributed by atoms with van der Waals surface area (Å²) in [4.78, 5) is 13.9. The highest BCUT2D eigenvalue weighted by Crippen LogP contribution is 2.32. The number of carbonyl (C=O) groups is 1. The summed E-state index contributed by atoms with van der Waals surface area (Å²) in [6.45, 7) is 0.836. The molecule has 21 heavy (non-hydrogen) atoms. The molecular formula is C17H24N2O2. The van der Waals surface area contributed by atoms with Crippen LogP contribution in [-0.2, 0) is 9.53 Å². The van der Waals surface area contributed by atoms with E-state index in [1.165, 1.54) is 12.8 Å². The van der Waals surface area contributed by atoms with E-state index in [9.17, 15) is 4.79 Å². The van der Waals surface area contributed by atoms with Crippen LogP contribution < -0.4 is 10.2 Å². The second-order valence-corrected chi connectivity index (χ2v) is 6.03. The van der Waals surface area contributed by atoms with Crippen molar-refractivity contribution in [1.29, 1.82) is 0 Å². The second kappa shape index (κ2) is 6.48. The van der Waals surface area contributed by atoms with Crippen LogP contribution >= 0.6 is 0 Å². The van der Waals surface area contributed by atoms with Crippen molar-refractivity contribution in [3.8, 4) is 0 Å². The Morgan fingerprint density at radius 3 is 2.86 bits per heavy atom. The zero-order valence-electron chi connectivity index (χ0n) is 12.7. The van der Waals surface area contributed by atoms with E-state index < -0.39 is 0 Å². The average molecular weight is 288 g/mol. The molecule has 0 radical (unpaired) electrons. The number of hydrogen-bond acceptors (Lipinski definition) is 3. The molecule has 1 N–H and O–H groups in total. The number of rotatable bonds is 4. The van der Waals surface area contributed by atoms with Crippen LogP contribution in [0.5, 0.6) is 0 Å². The number of anilines is 2. The fourth-order valence-electron chi connectivity index (χ4n) is 3.44. The molecule has 4 nitrogen and oxygen atoms in total. The van der Waals surface area contributed by atoms with E-state index >= 15 is 0 Å². The van der Waals surface area contributed by atoms with Gasteiger partial charge in [-0.05, 0) is 44.2 Å². The summed E-state index contributed by atoms with van der Waals surface area (Å²) in [5.74, 6) is 0.239.